The van der Waals surface area contributed by atoms with Gasteiger partial charge in [0.1, 0.15) is 5.75 Å². The van der Waals surface area contributed by atoms with Crippen LogP contribution in [0.5, 0.6) is 11.6 Å². The normalized spacial score (nSPS) is 13.6. The first-order chi connectivity index (χ1) is 19.6. The predicted molar refractivity (Wildman–Crippen MR) is 161 cm³/mol. The average molecular weight is 552 g/mol. The summed E-state index contributed by atoms with van der Waals surface area (Å²) in [4.78, 5) is 14.9. The zero-order valence-electron chi connectivity index (χ0n) is 22.1. The summed E-state index contributed by atoms with van der Waals surface area (Å²) in [7, 11) is 0. The smallest absolute Gasteiger partial charge is 0.493 e. The first-order valence-electron chi connectivity index (χ1n) is 13.7. The van der Waals surface area contributed by atoms with E-state index in [2.05, 4.69) is 35.3 Å². The molecule has 1 aromatic heterocycles. The van der Waals surface area contributed by atoms with Crippen LogP contribution in [0.2, 0.25) is 5.02 Å². The summed E-state index contributed by atoms with van der Waals surface area (Å²) in [6.45, 7) is 0.495. The molecule has 1 aliphatic rings. The fourth-order valence-corrected chi connectivity index (χ4v) is 6.13. The molecule has 40 heavy (non-hydrogen) atoms. The molecule has 0 fully saturated rings. The third-order valence-electron chi connectivity index (χ3n) is 7.66. The monoisotopic (exact) mass is 551 g/mol. The van der Waals surface area contributed by atoms with Crippen LogP contribution in [0.3, 0.4) is 0 Å². The van der Waals surface area contributed by atoms with Crippen LogP contribution in [0, 0.1) is 0 Å². The van der Waals surface area contributed by atoms with Crippen molar-refractivity contribution in [2.45, 2.75) is 38.5 Å². The molecule has 0 saturated carbocycles. The minimum absolute atomic E-state index is 0.274. The van der Waals surface area contributed by atoms with E-state index in [4.69, 9.17) is 21.1 Å². The number of nitrogens with one attached hydrogen (secondary N) is 1. The third-order valence-corrected chi connectivity index (χ3v) is 7.99. The average Bonchev–Trinajstić information content (AvgIpc) is 3.32. The van der Waals surface area contributed by atoms with E-state index < -0.39 is 6.16 Å². The van der Waals surface area contributed by atoms with Gasteiger partial charge in [-0.1, -0.05) is 84.4 Å². The van der Waals surface area contributed by atoms with E-state index in [0.29, 0.717) is 19.4 Å². The zero-order valence-corrected chi connectivity index (χ0v) is 22.8. The van der Waals surface area contributed by atoms with Gasteiger partial charge in [0.25, 0.3) is 0 Å². The number of hydrogen-bond donors (Lipinski definition) is 2. The summed E-state index contributed by atoms with van der Waals surface area (Å²) in [5, 5.41) is 13.4. The van der Waals surface area contributed by atoms with Crippen molar-refractivity contribution >= 4 is 50.6 Å². The minimum Gasteiger partial charge on any atom is -0.493 e. The molecule has 0 saturated heterocycles. The molecule has 6 rings (SSSR count). The lowest BCUT2D eigenvalue weighted by Crippen LogP contribution is -2.06. The maximum absolute atomic E-state index is 11.6. The second kappa shape index (κ2) is 11.5. The highest BCUT2D eigenvalue weighted by Gasteiger charge is 2.23. The van der Waals surface area contributed by atoms with Gasteiger partial charge in [0.05, 0.1) is 12.1 Å². The van der Waals surface area contributed by atoms with Crippen molar-refractivity contribution in [1.82, 2.24) is 4.98 Å². The predicted octanol–water partition coefficient (Wildman–Crippen LogP) is 9.53. The molecule has 1 aliphatic carbocycles. The highest BCUT2D eigenvalue weighted by molar-refractivity contribution is 6.32. The van der Waals surface area contributed by atoms with Gasteiger partial charge in [0.2, 0.25) is 5.88 Å². The van der Waals surface area contributed by atoms with Gasteiger partial charge >= 0.3 is 6.16 Å². The highest BCUT2D eigenvalue weighted by atomic mass is 35.5. The van der Waals surface area contributed by atoms with Gasteiger partial charge in [-0.15, -0.1) is 0 Å². The summed E-state index contributed by atoms with van der Waals surface area (Å²) in [6.07, 6.45) is 4.05. The molecule has 0 amide bonds. The molecule has 0 atom stereocenters. The van der Waals surface area contributed by atoms with Crippen LogP contribution in [-0.4, -0.2) is 22.9 Å². The Morgan fingerprint density at radius 2 is 1.50 bits per heavy atom. The Balaban J connectivity index is 1.33. The Bertz CT molecular complexity index is 1730. The minimum atomic E-state index is -1.34. The summed E-state index contributed by atoms with van der Waals surface area (Å²) >= 11 is 6.62. The van der Waals surface area contributed by atoms with Gasteiger partial charge in [-0.2, -0.15) is 0 Å². The van der Waals surface area contributed by atoms with Crippen molar-refractivity contribution in [3.63, 3.8) is 0 Å². The fraction of sp³-hybridized carbons (Fsp3) is 0.206. The molecule has 5 nitrogen and oxygen atoms in total. The molecule has 0 aliphatic heterocycles. The molecule has 0 bridgehead atoms. The maximum atomic E-state index is 11.6. The lowest BCUT2D eigenvalue weighted by molar-refractivity contribution is 0.142. The Kier molecular flexibility index (Phi) is 7.47. The van der Waals surface area contributed by atoms with Gasteiger partial charge in [0.15, 0.2) is 0 Å². The Labute approximate surface area is 238 Å². The molecule has 2 N–H and O–H groups in total. The van der Waals surface area contributed by atoms with Crippen LogP contribution in [0.25, 0.3) is 32.8 Å². The van der Waals surface area contributed by atoms with Gasteiger partial charge in [-0.25, -0.2) is 4.79 Å². The first-order valence-corrected chi connectivity index (χ1v) is 14.1. The molecule has 0 unspecified atom stereocenters. The number of benzene rings is 4. The lowest BCUT2D eigenvalue weighted by Gasteiger charge is -2.22. The van der Waals surface area contributed by atoms with E-state index in [1.165, 1.54) is 11.1 Å². The molecular weight excluding hydrogens is 522 g/mol. The zero-order chi connectivity index (χ0) is 27.5. The van der Waals surface area contributed by atoms with Crippen molar-refractivity contribution in [2.75, 3.05) is 6.61 Å². The number of allylic oxidation sites excluding steroid dienone is 2. The molecule has 0 spiro atoms. The molecule has 4 aromatic carbocycles. The maximum Gasteiger partial charge on any atom is 0.512 e. The molecule has 6 heteroatoms. The van der Waals surface area contributed by atoms with Crippen molar-refractivity contribution < 1.29 is 19.4 Å². The van der Waals surface area contributed by atoms with Gasteiger partial charge < -0.3 is 19.6 Å². The molecule has 0 radical (unpaired) electrons. The van der Waals surface area contributed by atoms with Crippen LogP contribution < -0.4 is 9.47 Å². The second-order valence-electron chi connectivity index (χ2n) is 10.1. The summed E-state index contributed by atoms with van der Waals surface area (Å²) < 4.78 is 11.4. The Morgan fingerprint density at radius 3 is 2.33 bits per heavy atom. The molecule has 202 valence electrons. The van der Waals surface area contributed by atoms with Crippen molar-refractivity contribution in [1.29, 1.82) is 0 Å². The number of aryl methyl sites for hydroxylation is 1. The number of aromatic nitrogens is 1. The topological polar surface area (TPSA) is 71.5 Å². The first kappa shape index (κ1) is 26.0. The summed E-state index contributed by atoms with van der Waals surface area (Å²) in [6, 6.07) is 28.4. The van der Waals surface area contributed by atoms with Crippen LogP contribution in [0.15, 0.2) is 84.9 Å². The van der Waals surface area contributed by atoms with Gasteiger partial charge in [-0.05, 0) is 72.8 Å². The largest absolute Gasteiger partial charge is 0.512 e. The Morgan fingerprint density at radius 1 is 0.825 bits per heavy atom. The van der Waals surface area contributed by atoms with Crippen LogP contribution >= 0.6 is 11.6 Å². The van der Waals surface area contributed by atoms with Crippen molar-refractivity contribution in [3.8, 4) is 11.6 Å². The third kappa shape index (κ3) is 5.17. The number of aromatic amines is 1. The van der Waals surface area contributed by atoms with E-state index in [-0.39, 0.29) is 5.88 Å². The van der Waals surface area contributed by atoms with Crippen LogP contribution in [0.1, 0.15) is 48.8 Å². The second-order valence-corrected chi connectivity index (χ2v) is 10.5. The van der Waals surface area contributed by atoms with Gasteiger partial charge in [-0.3, -0.25) is 0 Å². The number of halogens is 1. The van der Waals surface area contributed by atoms with Crippen molar-refractivity contribution in [2.24, 2.45) is 0 Å². The summed E-state index contributed by atoms with van der Waals surface area (Å²) in [5.74, 6) is 1.12. The summed E-state index contributed by atoms with van der Waals surface area (Å²) in [5.41, 5.74) is 6.38. The number of rotatable bonds is 8. The Hall–Kier alpha value is -4.22. The van der Waals surface area contributed by atoms with E-state index in [0.717, 1.165) is 74.8 Å². The number of carbonyl (C=O) groups is 1. The standard InChI is InChI=1S/C34H30ClNO4/c35-30-19-6-5-15-26(30)24-13-3-4-14-25(24)27-16-8-17-28-29(33(36-32(27)28)40-34(37)38)18-9-21-39-31-20-7-11-22-10-1-2-12-23(22)31/h1-2,5-8,10-12,15-17,19-20,36H,3-4,9,13-14,18,21H2,(H,37,38). The number of fused-ring (bicyclic) bond motifs is 2. The number of carboxylic acid groups (broad SMARTS) is 1. The SMILES string of the molecule is O=C(O)Oc1[nH]c2c(C3=C(c4ccccc4Cl)CCCC3)cccc2c1CCCOc1cccc2ccccc12. The van der Waals surface area contributed by atoms with Crippen LogP contribution in [-0.2, 0) is 6.42 Å². The van der Waals surface area contributed by atoms with E-state index in [9.17, 15) is 9.90 Å². The molecule has 5 aromatic rings. The number of ether oxygens (including phenoxy) is 2. The highest BCUT2D eigenvalue weighted by Crippen LogP contribution is 2.43. The van der Waals surface area contributed by atoms with E-state index >= 15 is 0 Å². The lowest BCUT2D eigenvalue weighted by atomic mass is 9.83. The van der Waals surface area contributed by atoms with E-state index in [1.807, 2.05) is 54.6 Å². The molecule has 1 heterocycles. The van der Waals surface area contributed by atoms with Crippen LogP contribution in [0.4, 0.5) is 4.79 Å². The quantitative estimate of drug-likeness (QED) is 0.149. The van der Waals surface area contributed by atoms with Gasteiger partial charge in [0, 0.05) is 26.9 Å². The van der Waals surface area contributed by atoms with Crippen molar-refractivity contribution in [3.05, 3.63) is 107 Å². The molecular formula is C34H30ClNO4. The number of hydrogen-bond acceptors (Lipinski definition) is 3. The number of para-hydroxylation sites is 1. The fourth-order valence-electron chi connectivity index (χ4n) is 5.88. The van der Waals surface area contributed by atoms with E-state index in [1.54, 1.807) is 0 Å². The number of H-pyrrole nitrogens is 1.